The lowest BCUT2D eigenvalue weighted by atomic mass is 10.1. The van der Waals surface area contributed by atoms with Gasteiger partial charge < -0.3 is 5.32 Å². The van der Waals surface area contributed by atoms with Gasteiger partial charge in [0.2, 0.25) is 0 Å². The van der Waals surface area contributed by atoms with Crippen LogP contribution in [0.15, 0.2) is 46.0 Å². The van der Waals surface area contributed by atoms with Crippen LogP contribution in [0.2, 0.25) is 0 Å². The number of hydrogen-bond donors (Lipinski definition) is 2. The standard InChI is InChI=1S/C13H13NOS2/c1-9(11-6-7-17-8-11)14-13(15)10-2-4-12(16)5-3-10/h2-9,16H,1H3,(H,14,15). The lowest BCUT2D eigenvalue weighted by molar-refractivity contribution is 0.0940. The van der Waals surface area contributed by atoms with E-state index in [4.69, 9.17) is 0 Å². The van der Waals surface area contributed by atoms with Gasteiger partial charge in [-0.05, 0) is 53.6 Å². The normalized spacial score (nSPS) is 12.1. The van der Waals surface area contributed by atoms with Gasteiger partial charge in [-0.15, -0.1) is 12.6 Å². The highest BCUT2D eigenvalue weighted by atomic mass is 32.1. The van der Waals surface area contributed by atoms with Crippen molar-refractivity contribution in [2.24, 2.45) is 0 Å². The summed E-state index contributed by atoms with van der Waals surface area (Å²) in [7, 11) is 0. The van der Waals surface area contributed by atoms with E-state index in [2.05, 4.69) is 17.9 Å². The third-order valence-corrected chi connectivity index (χ3v) is 3.52. The molecule has 1 aromatic carbocycles. The quantitative estimate of drug-likeness (QED) is 0.815. The number of nitrogens with one attached hydrogen (secondary N) is 1. The molecule has 1 aromatic heterocycles. The van der Waals surface area contributed by atoms with Crippen molar-refractivity contribution in [2.45, 2.75) is 17.9 Å². The Morgan fingerprint density at radius 2 is 2.00 bits per heavy atom. The molecule has 0 aliphatic carbocycles. The summed E-state index contributed by atoms with van der Waals surface area (Å²) in [5.74, 6) is -0.0583. The van der Waals surface area contributed by atoms with E-state index in [0.29, 0.717) is 5.56 Å². The summed E-state index contributed by atoms with van der Waals surface area (Å²) in [5, 5.41) is 7.01. The maximum Gasteiger partial charge on any atom is 0.251 e. The molecular weight excluding hydrogens is 250 g/mol. The van der Waals surface area contributed by atoms with Crippen molar-refractivity contribution < 1.29 is 4.79 Å². The number of thiophene rings is 1. The lowest BCUT2D eigenvalue weighted by Gasteiger charge is -2.12. The van der Waals surface area contributed by atoms with Crippen molar-refractivity contribution in [3.8, 4) is 0 Å². The smallest absolute Gasteiger partial charge is 0.251 e. The third-order valence-electron chi connectivity index (χ3n) is 2.52. The summed E-state index contributed by atoms with van der Waals surface area (Å²) in [5.41, 5.74) is 1.79. The van der Waals surface area contributed by atoms with Gasteiger partial charge in [0.25, 0.3) is 5.91 Å². The SMILES string of the molecule is CC(NC(=O)c1ccc(S)cc1)c1ccsc1. The number of amides is 1. The van der Waals surface area contributed by atoms with Crippen molar-refractivity contribution in [1.82, 2.24) is 5.32 Å². The van der Waals surface area contributed by atoms with Crippen LogP contribution in [0, 0.1) is 0 Å². The molecule has 2 nitrogen and oxygen atoms in total. The average Bonchev–Trinajstić information content (AvgIpc) is 2.83. The van der Waals surface area contributed by atoms with Crippen molar-refractivity contribution >= 4 is 29.9 Å². The number of benzene rings is 1. The van der Waals surface area contributed by atoms with Crippen molar-refractivity contribution in [2.75, 3.05) is 0 Å². The predicted octanol–water partition coefficient (Wildman–Crippen LogP) is 3.53. The van der Waals surface area contributed by atoms with Crippen LogP contribution in [0.3, 0.4) is 0 Å². The van der Waals surface area contributed by atoms with E-state index in [1.54, 1.807) is 23.5 Å². The van der Waals surface area contributed by atoms with Gasteiger partial charge in [-0.1, -0.05) is 0 Å². The van der Waals surface area contributed by atoms with Crippen LogP contribution in [0.5, 0.6) is 0 Å². The first kappa shape index (κ1) is 12.2. The van der Waals surface area contributed by atoms with Crippen LogP contribution in [-0.2, 0) is 0 Å². The van der Waals surface area contributed by atoms with Crippen molar-refractivity contribution in [3.63, 3.8) is 0 Å². The molecule has 1 unspecified atom stereocenters. The fourth-order valence-corrected chi connectivity index (χ4v) is 2.40. The van der Waals surface area contributed by atoms with E-state index in [1.807, 2.05) is 35.9 Å². The van der Waals surface area contributed by atoms with E-state index in [0.717, 1.165) is 10.5 Å². The lowest BCUT2D eigenvalue weighted by Crippen LogP contribution is -2.26. The van der Waals surface area contributed by atoms with E-state index in [-0.39, 0.29) is 11.9 Å². The topological polar surface area (TPSA) is 29.1 Å². The van der Waals surface area contributed by atoms with Crippen LogP contribution in [-0.4, -0.2) is 5.91 Å². The Morgan fingerprint density at radius 3 is 2.59 bits per heavy atom. The van der Waals surface area contributed by atoms with Gasteiger partial charge in [-0.2, -0.15) is 11.3 Å². The van der Waals surface area contributed by atoms with Crippen LogP contribution in [0.4, 0.5) is 0 Å². The largest absolute Gasteiger partial charge is 0.345 e. The van der Waals surface area contributed by atoms with E-state index < -0.39 is 0 Å². The highest BCUT2D eigenvalue weighted by molar-refractivity contribution is 7.80. The zero-order chi connectivity index (χ0) is 12.3. The minimum Gasteiger partial charge on any atom is -0.345 e. The molecular formula is C13H13NOS2. The number of carbonyl (C=O) groups excluding carboxylic acids is 1. The molecule has 1 N–H and O–H groups in total. The number of thiol groups is 1. The predicted molar refractivity (Wildman–Crippen MR) is 73.9 cm³/mol. The Labute approximate surface area is 110 Å². The maximum atomic E-state index is 11.9. The molecule has 0 aliphatic rings. The molecule has 0 radical (unpaired) electrons. The highest BCUT2D eigenvalue weighted by Crippen LogP contribution is 2.16. The van der Waals surface area contributed by atoms with Crippen LogP contribution >= 0.6 is 24.0 Å². The van der Waals surface area contributed by atoms with Crippen molar-refractivity contribution in [3.05, 3.63) is 52.2 Å². The Hall–Kier alpha value is -1.26. The molecule has 0 spiro atoms. The zero-order valence-corrected chi connectivity index (χ0v) is 11.1. The molecule has 1 amide bonds. The minimum absolute atomic E-state index is 0.0319. The first-order valence-corrected chi connectivity index (χ1v) is 6.68. The fraction of sp³-hybridized carbons (Fsp3) is 0.154. The molecule has 0 fully saturated rings. The molecule has 0 saturated heterocycles. The van der Waals surface area contributed by atoms with E-state index in [9.17, 15) is 4.79 Å². The Kier molecular flexibility index (Phi) is 3.86. The number of hydrogen-bond acceptors (Lipinski definition) is 3. The molecule has 2 aromatic rings. The molecule has 88 valence electrons. The Balaban J connectivity index is 2.04. The van der Waals surface area contributed by atoms with Crippen LogP contribution in [0.1, 0.15) is 28.9 Å². The molecule has 0 saturated carbocycles. The molecule has 0 aliphatic heterocycles. The Bertz CT molecular complexity index is 491. The summed E-state index contributed by atoms with van der Waals surface area (Å²) in [6.07, 6.45) is 0. The van der Waals surface area contributed by atoms with Gasteiger partial charge in [-0.25, -0.2) is 0 Å². The third kappa shape index (κ3) is 3.11. The summed E-state index contributed by atoms with van der Waals surface area (Å²) in [6, 6.07) is 9.23. The zero-order valence-electron chi connectivity index (χ0n) is 9.38. The van der Waals surface area contributed by atoms with Gasteiger partial charge in [0.15, 0.2) is 0 Å². The second-order valence-corrected chi connectivity index (χ2v) is 5.10. The summed E-state index contributed by atoms with van der Waals surface area (Å²) in [6.45, 7) is 1.98. The second kappa shape index (κ2) is 5.38. The second-order valence-electron chi connectivity index (χ2n) is 3.80. The minimum atomic E-state index is -0.0583. The summed E-state index contributed by atoms with van der Waals surface area (Å²) < 4.78 is 0. The van der Waals surface area contributed by atoms with Crippen molar-refractivity contribution in [1.29, 1.82) is 0 Å². The van der Waals surface area contributed by atoms with Gasteiger partial charge >= 0.3 is 0 Å². The highest BCUT2D eigenvalue weighted by Gasteiger charge is 2.11. The first-order valence-electron chi connectivity index (χ1n) is 5.29. The Morgan fingerprint density at radius 1 is 1.29 bits per heavy atom. The van der Waals surface area contributed by atoms with Crippen LogP contribution < -0.4 is 5.32 Å². The molecule has 1 atom stereocenters. The summed E-state index contributed by atoms with van der Waals surface area (Å²) in [4.78, 5) is 12.8. The molecule has 1 heterocycles. The monoisotopic (exact) mass is 263 g/mol. The molecule has 4 heteroatoms. The van der Waals surface area contributed by atoms with E-state index in [1.165, 1.54) is 0 Å². The number of carbonyl (C=O) groups is 1. The van der Waals surface area contributed by atoms with Gasteiger partial charge in [0.1, 0.15) is 0 Å². The summed E-state index contributed by atoms with van der Waals surface area (Å²) >= 11 is 5.82. The fourth-order valence-electron chi connectivity index (χ4n) is 1.50. The van der Waals surface area contributed by atoms with Gasteiger partial charge in [0, 0.05) is 10.5 Å². The first-order chi connectivity index (χ1) is 8.16. The maximum absolute atomic E-state index is 11.9. The number of rotatable bonds is 3. The van der Waals surface area contributed by atoms with Crippen LogP contribution in [0.25, 0.3) is 0 Å². The molecule has 17 heavy (non-hydrogen) atoms. The average molecular weight is 263 g/mol. The molecule has 2 rings (SSSR count). The van der Waals surface area contributed by atoms with E-state index >= 15 is 0 Å². The van der Waals surface area contributed by atoms with Gasteiger partial charge in [0.05, 0.1) is 6.04 Å². The molecule has 0 bridgehead atoms. The van der Waals surface area contributed by atoms with Gasteiger partial charge in [-0.3, -0.25) is 4.79 Å².